The number of nitrogen functional groups attached to an aromatic ring is 1. The van der Waals surface area contributed by atoms with E-state index < -0.39 is 40.0 Å². The number of aromatic nitrogens is 1. The summed E-state index contributed by atoms with van der Waals surface area (Å²) in [6, 6.07) is -1.91. The number of thioether (sulfide) groups is 1. The Labute approximate surface area is 203 Å². The zero-order valence-electron chi connectivity index (χ0n) is 16.8. The van der Waals surface area contributed by atoms with Gasteiger partial charge in [-0.25, -0.2) is 4.98 Å². The molecule has 10 nitrogen and oxygen atoms in total. The minimum atomic E-state index is -1.31. The maximum atomic E-state index is 12.9. The fourth-order valence-corrected chi connectivity index (χ4v) is 5.60. The average Bonchev–Trinajstić information content (AvgIpc) is 3.31. The molecular formula is C17H20N5NaO5S2. The van der Waals surface area contributed by atoms with Crippen LogP contribution in [0.15, 0.2) is 10.5 Å². The molecule has 0 radical (unpaired) electrons. The molecule has 30 heavy (non-hydrogen) atoms. The molecule has 0 unspecified atom stereocenters. The normalized spacial score (nSPS) is 27.0. The first-order valence-corrected chi connectivity index (χ1v) is 10.9. The fraction of sp³-hybridized carbons (Fsp3) is 0.588. The molecule has 1 aromatic heterocycles. The van der Waals surface area contributed by atoms with Crippen LogP contribution in [0.4, 0.5) is 5.13 Å². The first-order chi connectivity index (χ1) is 13.7. The summed E-state index contributed by atoms with van der Waals surface area (Å²) in [5.41, 5.74) is 5.86. The van der Waals surface area contributed by atoms with Crippen LogP contribution >= 0.6 is 23.1 Å². The number of amides is 2. The van der Waals surface area contributed by atoms with Crippen molar-refractivity contribution in [1.82, 2.24) is 15.2 Å². The summed E-state index contributed by atoms with van der Waals surface area (Å²) in [5, 5.41) is 19.5. The van der Waals surface area contributed by atoms with E-state index in [1.807, 2.05) is 0 Å². The van der Waals surface area contributed by atoms with E-state index in [1.165, 1.54) is 16.7 Å². The molecule has 4 rings (SSSR count). The van der Waals surface area contributed by atoms with E-state index in [1.54, 1.807) is 19.2 Å². The molecule has 2 aliphatic heterocycles. The third-order valence-electron chi connectivity index (χ3n) is 5.09. The molecule has 1 saturated carbocycles. The number of carbonyl (C=O) groups is 3. The summed E-state index contributed by atoms with van der Waals surface area (Å²) in [7, 11) is 0. The monoisotopic (exact) mass is 461 g/mol. The van der Waals surface area contributed by atoms with E-state index in [9.17, 15) is 19.5 Å². The molecule has 1 aliphatic carbocycles. The Kier molecular flexibility index (Phi) is 6.73. The van der Waals surface area contributed by atoms with E-state index in [-0.39, 0.29) is 46.1 Å². The third kappa shape index (κ3) is 4.33. The number of thiazole rings is 1. The van der Waals surface area contributed by atoms with Crippen LogP contribution in [0.25, 0.3) is 0 Å². The van der Waals surface area contributed by atoms with Crippen LogP contribution in [0.1, 0.15) is 32.4 Å². The summed E-state index contributed by atoms with van der Waals surface area (Å²) in [5.74, 6) is -1.95. The van der Waals surface area contributed by atoms with Gasteiger partial charge in [0.2, 0.25) is 5.91 Å². The van der Waals surface area contributed by atoms with Gasteiger partial charge in [-0.05, 0) is 32.6 Å². The number of rotatable bonds is 7. The van der Waals surface area contributed by atoms with Gasteiger partial charge in [0.15, 0.2) is 10.8 Å². The van der Waals surface area contributed by atoms with Crippen molar-refractivity contribution in [3.05, 3.63) is 11.1 Å². The number of nitrogens with two attached hydrogens (primary N) is 1. The van der Waals surface area contributed by atoms with Crippen LogP contribution in [-0.4, -0.2) is 62.2 Å². The maximum Gasteiger partial charge on any atom is 1.00 e. The van der Waals surface area contributed by atoms with Gasteiger partial charge in [0, 0.05) is 10.1 Å². The van der Waals surface area contributed by atoms with E-state index in [4.69, 9.17) is 10.6 Å². The van der Waals surface area contributed by atoms with Crippen molar-refractivity contribution in [1.29, 1.82) is 0 Å². The van der Waals surface area contributed by atoms with Crippen LogP contribution < -0.4 is 45.7 Å². The number of hydrogen-bond donors (Lipinski definition) is 2. The number of carboxylic acid groups (broad SMARTS) is 1. The largest absolute Gasteiger partial charge is 1.00 e. The predicted octanol–water partition coefficient (Wildman–Crippen LogP) is -3.84. The Morgan fingerprint density at radius 2 is 2.17 bits per heavy atom. The average molecular weight is 462 g/mol. The predicted molar refractivity (Wildman–Crippen MR) is 105 cm³/mol. The van der Waals surface area contributed by atoms with E-state index in [2.05, 4.69) is 15.5 Å². The fourth-order valence-electron chi connectivity index (χ4n) is 3.43. The van der Waals surface area contributed by atoms with Gasteiger partial charge >= 0.3 is 29.6 Å². The van der Waals surface area contributed by atoms with Crippen LogP contribution in [0, 0.1) is 5.92 Å². The molecular weight excluding hydrogens is 441 g/mol. The molecule has 3 aliphatic rings. The molecule has 0 aromatic carbocycles. The van der Waals surface area contributed by atoms with Gasteiger partial charge in [0.05, 0.1) is 12.0 Å². The molecule has 13 heteroatoms. The smallest absolute Gasteiger partial charge is 0.548 e. The minimum absolute atomic E-state index is 0. The van der Waals surface area contributed by atoms with Gasteiger partial charge in [0.1, 0.15) is 23.7 Å². The van der Waals surface area contributed by atoms with Crippen molar-refractivity contribution in [2.75, 3.05) is 12.3 Å². The van der Waals surface area contributed by atoms with E-state index in [0.717, 1.165) is 24.2 Å². The van der Waals surface area contributed by atoms with Crippen LogP contribution in [0.2, 0.25) is 0 Å². The molecule has 3 fully saturated rings. The van der Waals surface area contributed by atoms with Gasteiger partial charge in [-0.2, -0.15) is 0 Å². The number of oxime groups is 1. The number of carboxylic acids is 1. The molecule has 156 valence electrons. The Hall–Kier alpha value is -1.34. The van der Waals surface area contributed by atoms with E-state index >= 15 is 0 Å². The van der Waals surface area contributed by atoms with Crippen molar-refractivity contribution >= 4 is 51.7 Å². The Morgan fingerprint density at radius 3 is 2.73 bits per heavy atom. The van der Waals surface area contributed by atoms with Crippen molar-refractivity contribution < 1.29 is 53.9 Å². The van der Waals surface area contributed by atoms with Crippen LogP contribution in [0.3, 0.4) is 0 Å². The van der Waals surface area contributed by atoms with Crippen molar-refractivity contribution in [2.24, 2.45) is 11.1 Å². The number of β-lactam (4-membered cyclic amide) rings is 1. The number of anilines is 1. The SMILES string of the molecule is CC1(C)S[C@@H]2[C@@H](NC(=O)/C(=N\OCC3CC3)c3csc(N)n3)C(=O)N2[C@H]1C(=O)[O-].[Na+]. The summed E-state index contributed by atoms with van der Waals surface area (Å²) in [6.45, 7) is 3.88. The third-order valence-corrected chi connectivity index (χ3v) is 7.34. The molecule has 0 spiro atoms. The minimum Gasteiger partial charge on any atom is -0.548 e. The van der Waals surface area contributed by atoms with Gasteiger partial charge in [-0.3, -0.25) is 9.59 Å². The van der Waals surface area contributed by atoms with Crippen molar-refractivity contribution in [3.63, 3.8) is 0 Å². The number of nitrogens with zero attached hydrogens (tertiary/aromatic N) is 3. The van der Waals surface area contributed by atoms with Gasteiger partial charge in [0.25, 0.3) is 5.91 Å². The second-order valence-electron chi connectivity index (χ2n) is 7.78. The Balaban J connectivity index is 0.00000256. The number of carbonyl (C=O) groups excluding carboxylic acids is 3. The number of hydrogen-bond acceptors (Lipinski definition) is 10. The summed E-state index contributed by atoms with van der Waals surface area (Å²) in [4.78, 5) is 47.5. The molecule has 1 aromatic rings. The van der Waals surface area contributed by atoms with Crippen molar-refractivity contribution in [2.45, 2.75) is 48.9 Å². The summed E-state index contributed by atoms with van der Waals surface area (Å²) >= 11 is 2.47. The molecule has 3 heterocycles. The van der Waals surface area contributed by atoms with Crippen molar-refractivity contribution in [3.8, 4) is 0 Å². The number of fused-ring (bicyclic) bond motifs is 1. The summed E-state index contributed by atoms with van der Waals surface area (Å²) < 4.78 is -0.730. The molecule has 3 atom stereocenters. The topological polar surface area (TPSA) is 150 Å². The molecule has 3 N–H and O–H groups in total. The number of aliphatic carboxylic acids is 1. The zero-order valence-corrected chi connectivity index (χ0v) is 20.4. The first-order valence-electron chi connectivity index (χ1n) is 9.12. The quantitative estimate of drug-likeness (QED) is 0.181. The second-order valence-corrected chi connectivity index (χ2v) is 10.4. The van der Waals surface area contributed by atoms with Gasteiger partial charge in [-0.1, -0.05) is 5.16 Å². The summed E-state index contributed by atoms with van der Waals surface area (Å²) in [6.07, 6.45) is 2.14. The van der Waals surface area contributed by atoms with E-state index in [0.29, 0.717) is 12.5 Å². The van der Waals surface area contributed by atoms with Crippen LogP contribution in [-0.2, 0) is 19.2 Å². The maximum absolute atomic E-state index is 12.9. The Bertz CT molecular complexity index is 903. The standard InChI is InChI=1S/C17H21N5O5S2.Na/c1-17(2)11(15(25)26)22-13(24)10(14(22)29-17)20-12(23)9(8-6-28-16(18)19-8)21-27-5-7-3-4-7;/h6-7,10-11,14H,3-5H2,1-2H3,(H2,18,19)(H,20,23)(H,25,26);/q;+1/p-1/b21-9-;/t10-,11-,14+;/m0./s1. The van der Waals surface area contributed by atoms with Crippen LogP contribution in [0.5, 0.6) is 0 Å². The molecule has 2 amide bonds. The molecule has 0 bridgehead atoms. The Morgan fingerprint density at radius 1 is 1.47 bits per heavy atom. The molecule has 2 saturated heterocycles. The second kappa shape index (κ2) is 8.65. The number of nitrogens with one attached hydrogen (secondary N) is 1. The van der Waals surface area contributed by atoms with Gasteiger partial charge in [-0.15, -0.1) is 23.1 Å². The van der Waals surface area contributed by atoms with Gasteiger partial charge < -0.3 is 30.7 Å². The zero-order chi connectivity index (χ0) is 20.9. The first kappa shape index (κ1) is 23.3.